The van der Waals surface area contributed by atoms with Gasteiger partial charge in [-0.1, -0.05) is 26.8 Å². The molecule has 0 saturated heterocycles. The van der Waals surface area contributed by atoms with Gasteiger partial charge in [0.05, 0.1) is 17.9 Å². The summed E-state index contributed by atoms with van der Waals surface area (Å²) in [6.07, 6.45) is 0.624. The second kappa shape index (κ2) is 5.32. The summed E-state index contributed by atoms with van der Waals surface area (Å²) in [6.45, 7) is 6.38. The molecule has 0 aliphatic carbocycles. The first kappa shape index (κ1) is 14.0. The van der Waals surface area contributed by atoms with E-state index in [4.69, 9.17) is 5.11 Å². The van der Waals surface area contributed by atoms with E-state index in [1.54, 1.807) is 10.9 Å². The van der Waals surface area contributed by atoms with Gasteiger partial charge in [0.2, 0.25) is 0 Å². The third kappa shape index (κ3) is 3.14. The van der Waals surface area contributed by atoms with E-state index in [0.717, 1.165) is 11.4 Å². The van der Waals surface area contributed by atoms with Gasteiger partial charge < -0.3 is 10.4 Å². The first-order valence-corrected chi connectivity index (χ1v) is 6.35. The van der Waals surface area contributed by atoms with E-state index in [0.29, 0.717) is 5.82 Å². The van der Waals surface area contributed by atoms with Crippen LogP contribution in [-0.4, -0.2) is 26.0 Å². The summed E-state index contributed by atoms with van der Waals surface area (Å²) in [6, 6.07) is 7.44. The van der Waals surface area contributed by atoms with Gasteiger partial charge in [0, 0.05) is 11.6 Å². The van der Waals surface area contributed by atoms with E-state index in [2.05, 4.69) is 36.2 Å². The monoisotopic (exact) mass is 274 g/mol. The number of pyridine rings is 1. The fourth-order valence-electron chi connectivity index (χ4n) is 1.76. The lowest BCUT2D eigenvalue weighted by molar-refractivity contribution is 0.193. The third-order valence-electron chi connectivity index (χ3n) is 2.84. The number of hydrogen-bond acceptors (Lipinski definition) is 3. The maximum Gasteiger partial charge on any atom is 0.404 e. The molecule has 0 bridgehead atoms. The highest BCUT2D eigenvalue weighted by molar-refractivity contribution is 5.64. The lowest BCUT2D eigenvalue weighted by atomic mass is 9.92. The largest absolute Gasteiger partial charge is 0.465 e. The Morgan fingerprint density at radius 1 is 1.40 bits per heavy atom. The fourth-order valence-corrected chi connectivity index (χ4v) is 1.76. The van der Waals surface area contributed by atoms with Gasteiger partial charge in [-0.3, -0.25) is 0 Å². The topological polar surface area (TPSA) is 80.0 Å². The van der Waals surface area contributed by atoms with Gasteiger partial charge in [-0.2, -0.15) is 5.10 Å². The van der Waals surface area contributed by atoms with Gasteiger partial charge in [-0.15, -0.1) is 0 Å². The second-order valence-corrected chi connectivity index (χ2v) is 5.53. The molecule has 106 valence electrons. The van der Waals surface area contributed by atoms with Gasteiger partial charge >= 0.3 is 6.09 Å². The third-order valence-corrected chi connectivity index (χ3v) is 2.84. The molecule has 2 heterocycles. The Balaban J connectivity index is 2.42. The van der Waals surface area contributed by atoms with Gasteiger partial charge in [0.15, 0.2) is 5.82 Å². The van der Waals surface area contributed by atoms with Gasteiger partial charge in [-0.05, 0) is 18.2 Å². The molecule has 2 N–H and O–H groups in total. The van der Waals surface area contributed by atoms with Crippen LogP contribution in [0.5, 0.6) is 0 Å². The molecule has 0 radical (unpaired) electrons. The number of hydrogen-bond donors (Lipinski definition) is 2. The van der Waals surface area contributed by atoms with Crippen molar-refractivity contribution in [1.82, 2.24) is 20.1 Å². The molecule has 0 aliphatic heterocycles. The van der Waals surface area contributed by atoms with Gasteiger partial charge in [0.25, 0.3) is 0 Å². The van der Waals surface area contributed by atoms with Crippen molar-refractivity contribution >= 4 is 6.09 Å². The molecule has 0 spiro atoms. The van der Waals surface area contributed by atoms with Crippen molar-refractivity contribution in [2.45, 2.75) is 32.7 Å². The van der Waals surface area contributed by atoms with E-state index < -0.39 is 6.09 Å². The molecule has 6 heteroatoms. The minimum atomic E-state index is -1.06. The van der Waals surface area contributed by atoms with Crippen LogP contribution < -0.4 is 5.32 Å². The summed E-state index contributed by atoms with van der Waals surface area (Å²) in [5.41, 5.74) is 1.54. The molecule has 2 rings (SSSR count). The molecule has 0 aliphatic rings. The maximum atomic E-state index is 10.7. The van der Waals surface area contributed by atoms with Crippen LogP contribution in [0.3, 0.4) is 0 Å². The summed E-state index contributed by atoms with van der Waals surface area (Å²) in [4.78, 5) is 14.9. The van der Waals surface area contributed by atoms with Crippen LogP contribution in [0.25, 0.3) is 5.82 Å². The number of carboxylic acid groups (broad SMARTS) is 1. The Hall–Kier alpha value is -2.37. The Morgan fingerprint density at radius 3 is 2.70 bits per heavy atom. The van der Waals surface area contributed by atoms with Crippen molar-refractivity contribution < 1.29 is 9.90 Å². The number of aromatic nitrogens is 3. The zero-order valence-corrected chi connectivity index (χ0v) is 11.8. The lowest BCUT2D eigenvalue weighted by Crippen LogP contribution is -2.22. The Kier molecular flexibility index (Phi) is 3.74. The van der Waals surface area contributed by atoms with Crippen molar-refractivity contribution in [2.24, 2.45) is 0 Å². The molecule has 2 aromatic heterocycles. The molecule has 0 unspecified atom stereocenters. The van der Waals surface area contributed by atoms with Crippen molar-refractivity contribution in [1.29, 1.82) is 0 Å². The summed E-state index contributed by atoms with van der Waals surface area (Å²) >= 11 is 0. The Labute approximate surface area is 117 Å². The number of carbonyl (C=O) groups is 1. The zero-order valence-electron chi connectivity index (χ0n) is 11.8. The molecular formula is C14H18N4O2. The van der Waals surface area contributed by atoms with Gasteiger partial charge in [-0.25, -0.2) is 14.5 Å². The number of nitrogens with one attached hydrogen (secondary N) is 1. The minimum Gasteiger partial charge on any atom is -0.465 e. The molecule has 0 saturated carbocycles. The minimum absolute atomic E-state index is 0.113. The fraction of sp³-hybridized carbons (Fsp3) is 0.357. The second-order valence-electron chi connectivity index (χ2n) is 5.53. The molecule has 20 heavy (non-hydrogen) atoms. The number of nitrogens with zero attached hydrogens (tertiary/aromatic N) is 3. The van der Waals surface area contributed by atoms with E-state index in [9.17, 15) is 4.79 Å². The van der Waals surface area contributed by atoms with Crippen LogP contribution in [0.15, 0.2) is 30.5 Å². The van der Waals surface area contributed by atoms with Crippen LogP contribution in [0.2, 0.25) is 0 Å². The van der Waals surface area contributed by atoms with Crippen LogP contribution in [-0.2, 0) is 12.0 Å². The van der Waals surface area contributed by atoms with E-state index in [-0.39, 0.29) is 12.0 Å². The summed E-state index contributed by atoms with van der Waals surface area (Å²) in [5, 5.41) is 15.7. The average molecular weight is 274 g/mol. The number of amides is 1. The Bertz CT molecular complexity index is 599. The zero-order chi connectivity index (χ0) is 14.8. The van der Waals surface area contributed by atoms with Crippen LogP contribution in [0, 0.1) is 0 Å². The van der Waals surface area contributed by atoms with Crippen molar-refractivity contribution in [3.63, 3.8) is 0 Å². The van der Waals surface area contributed by atoms with Crippen LogP contribution in [0.1, 0.15) is 32.2 Å². The average Bonchev–Trinajstić information content (AvgIpc) is 2.81. The van der Waals surface area contributed by atoms with Crippen molar-refractivity contribution in [3.05, 3.63) is 41.9 Å². The molecule has 0 fully saturated rings. The number of rotatable bonds is 3. The van der Waals surface area contributed by atoms with Crippen molar-refractivity contribution in [2.75, 3.05) is 0 Å². The van der Waals surface area contributed by atoms with Crippen LogP contribution >= 0.6 is 0 Å². The quantitative estimate of drug-likeness (QED) is 0.900. The highest BCUT2D eigenvalue weighted by Gasteiger charge is 2.20. The molecule has 0 aromatic carbocycles. The SMILES string of the molecule is CC(C)(C)c1cc(CNC(=O)O)n(-c2ccccn2)n1. The highest BCUT2D eigenvalue weighted by Crippen LogP contribution is 2.23. The first-order valence-electron chi connectivity index (χ1n) is 6.35. The first-order chi connectivity index (χ1) is 9.38. The normalized spacial score (nSPS) is 11.3. The summed E-state index contributed by atoms with van der Waals surface area (Å²) < 4.78 is 1.68. The predicted octanol–water partition coefficient (Wildman–Crippen LogP) is 2.33. The van der Waals surface area contributed by atoms with Crippen LogP contribution in [0.4, 0.5) is 4.79 Å². The molecule has 2 aromatic rings. The predicted molar refractivity (Wildman–Crippen MR) is 74.9 cm³/mol. The van der Waals surface area contributed by atoms with E-state index in [1.807, 2.05) is 24.3 Å². The standard InChI is InChI=1S/C14H18N4O2/c1-14(2,3)11-8-10(9-16-13(19)20)18(17-11)12-6-4-5-7-15-12/h4-8,16H,9H2,1-3H3,(H,19,20). The maximum absolute atomic E-state index is 10.7. The molecule has 6 nitrogen and oxygen atoms in total. The lowest BCUT2D eigenvalue weighted by Gasteiger charge is -2.14. The molecule has 0 atom stereocenters. The van der Waals surface area contributed by atoms with Gasteiger partial charge in [0.1, 0.15) is 0 Å². The van der Waals surface area contributed by atoms with E-state index >= 15 is 0 Å². The smallest absolute Gasteiger partial charge is 0.404 e. The Morgan fingerprint density at radius 2 is 2.15 bits per heavy atom. The molecule has 1 amide bonds. The summed E-state index contributed by atoms with van der Waals surface area (Å²) in [7, 11) is 0. The molecular weight excluding hydrogens is 256 g/mol. The van der Waals surface area contributed by atoms with Crippen molar-refractivity contribution in [3.8, 4) is 5.82 Å². The van der Waals surface area contributed by atoms with E-state index in [1.165, 1.54) is 0 Å². The summed E-state index contributed by atoms with van der Waals surface area (Å²) in [5.74, 6) is 0.671. The highest BCUT2D eigenvalue weighted by atomic mass is 16.4.